The minimum Gasteiger partial charge on any atom is -0.497 e. The second-order valence-electron chi connectivity index (χ2n) is 11.6. The standard InChI is InChI=1S/C37H43N3O5S/c1-6-29(4)38-37(42)35(23-30-11-8-7-9-12-30)39(25-31-19-15-27(2)16-20-31)36(41)26-40(32-13-10-14-33(24-32)45-5)46(43,44)34-21-17-28(3)18-22-34/h7-22,24,29,35H,6,23,25-26H2,1-5H3,(H,38,42)/t29-,35+/m1/s1. The van der Waals surface area contributed by atoms with Gasteiger partial charge in [0.05, 0.1) is 17.7 Å². The molecule has 2 amide bonds. The molecule has 9 heteroatoms. The molecular formula is C37H43N3O5S. The summed E-state index contributed by atoms with van der Waals surface area (Å²) in [4.78, 5) is 30.1. The van der Waals surface area contributed by atoms with Gasteiger partial charge in [-0.25, -0.2) is 8.42 Å². The molecule has 8 nitrogen and oxygen atoms in total. The van der Waals surface area contributed by atoms with E-state index in [-0.39, 0.29) is 35.5 Å². The third-order valence-electron chi connectivity index (χ3n) is 7.97. The summed E-state index contributed by atoms with van der Waals surface area (Å²) in [6.07, 6.45) is 0.971. The average Bonchev–Trinajstić information content (AvgIpc) is 3.06. The summed E-state index contributed by atoms with van der Waals surface area (Å²) in [6, 6.07) is 29.4. The molecule has 242 valence electrons. The first-order valence-corrected chi connectivity index (χ1v) is 16.9. The van der Waals surface area contributed by atoms with Crippen molar-refractivity contribution in [2.24, 2.45) is 0 Å². The minimum atomic E-state index is -4.20. The van der Waals surface area contributed by atoms with Gasteiger partial charge in [-0.15, -0.1) is 0 Å². The van der Waals surface area contributed by atoms with Crippen LogP contribution in [0.25, 0.3) is 0 Å². The Morgan fingerprint density at radius 2 is 1.46 bits per heavy atom. The molecule has 0 aliphatic carbocycles. The van der Waals surface area contributed by atoms with Crippen molar-refractivity contribution >= 4 is 27.5 Å². The van der Waals surface area contributed by atoms with Gasteiger partial charge in [-0.1, -0.05) is 90.8 Å². The van der Waals surface area contributed by atoms with Gasteiger partial charge < -0.3 is 15.0 Å². The SMILES string of the molecule is CC[C@@H](C)NC(=O)[C@H](Cc1ccccc1)N(Cc1ccc(C)cc1)C(=O)CN(c1cccc(OC)c1)S(=O)(=O)c1ccc(C)cc1. The number of carbonyl (C=O) groups is 2. The first-order chi connectivity index (χ1) is 22.0. The Morgan fingerprint density at radius 1 is 0.826 bits per heavy atom. The van der Waals surface area contributed by atoms with Crippen molar-refractivity contribution in [1.29, 1.82) is 0 Å². The molecule has 4 aromatic rings. The lowest BCUT2D eigenvalue weighted by molar-refractivity contribution is -0.140. The highest BCUT2D eigenvalue weighted by Crippen LogP contribution is 2.28. The Balaban J connectivity index is 1.82. The molecule has 0 fully saturated rings. The zero-order valence-corrected chi connectivity index (χ0v) is 28.0. The number of amides is 2. The number of benzene rings is 4. The Labute approximate surface area is 273 Å². The number of rotatable bonds is 14. The highest BCUT2D eigenvalue weighted by Gasteiger charge is 2.35. The van der Waals surface area contributed by atoms with E-state index in [2.05, 4.69) is 5.32 Å². The number of methoxy groups -OCH3 is 1. The van der Waals surface area contributed by atoms with Crippen LogP contribution < -0.4 is 14.4 Å². The molecule has 0 spiro atoms. The van der Waals surface area contributed by atoms with E-state index in [1.807, 2.05) is 82.3 Å². The molecule has 1 N–H and O–H groups in total. The molecule has 0 unspecified atom stereocenters. The zero-order chi connectivity index (χ0) is 33.3. The lowest BCUT2D eigenvalue weighted by Crippen LogP contribution is -2.54. The predicted molar refractivity (Wildman–Crippen MR) is 182 cm³/mol. The fourth-order valence-electron chi connectivity index (χ4n) is 5.02. The van der Waals surface area contributed by atoms with E-state index in [1.54, 1.807) is 36.4 Å². The second-order valence-corrected chi connectivity index (χ2v) is 13.4. The summed E-state index contributed by atoms with van der Waals surface area (Å²) in [6.45, 7) is 7.33. The largest absolute Gasteiger partial charge is 0.497 e. The van der Waals surface area contributed by atoms with Gasteiger partial charge in [0.1, 0.15) is 18.3 Å². The van der Waals surface area contributed by atoms with Gasteiger partial charge in [-0.3, -0.25) is 13.9 Å². The third-order valence-corrected chi connectivity index (χ3v) is 9.76. The van der Waals surface area contributed by atoms with Crippen LogP contribution in [0, 0.1) is 13.8 Å². The first kappa shape index (κ1) is 34.2. The van der Waals surface area contributed by atoms with Crippen molar-refractivity contribution in [2.75, 3.05) is 18.0 Å². The second kappa shape index (κ2) is 15.6. The number of ether oxygens (including phenoxy) is 1. The number of nitrogens with one attached hydrogen (secondary N) is 1. The van der Waals surface area contributed by atoms with Gasteiger partial charge in [0.25, 0.3) is 10.0 Å². The first-order valence-electron chi connectivity index (χ1n) is 15.4. The summed E-state index contributed by atoms with van der Waals surface area (Å²) in [5.74, 6) is -0.368. The minimum absolute atomic E-state index is 0.0501. The zero-order valence-electron chi connectivity index (χ0n) is 27.1. The van der Waals surface area contributed by atoms with Gasteiger partial charge in [0.2, 0.25) is 11.8 Å². The van der Waals surface area contributed by atoms with Crippen LogP contribution >= 0.6 is 0 Å². The average molecular weight is 642 g/mol. The maximum absolute atomic E-state index is 14.6. The van der Waals surface area contributed by atoms with Gasteiger partial charge >= 0.3 is 0 Å². The van der Waals surface area contributed by atoms with Crippen molar-refractivity contribution in [3.63, 3.8) is 0 Å². The molecule has 0 heterocycles. The summed E-state index contributed by atoms with van der Waals surface area (Å²) >= 11 is 0. The maximum atomic E-state index is 14.6. The molecule has 0 aromatic heterocycles. The number of hydrogen-bond acceptors (Lipinski definition) is 5. The molecule has 46 heavy (non-hydrogen) atoms. The molecule has 2 atom stereocenters. The normalized spacial score (nSPS) is 12.5. The molecule has 4 rings (SSSR count). The maximum Gasteiger partial charge on any atom is 0.264 e. The van der Waals surface area contributed by atoms with Crippen LogP contribution in [0.4, 0.5) is 5.69 Å². The predicted octanol–water partition coefficient (Wildman–Crippen LogP) is 6.06. The molecule has 0 aliphatic rings. The summed E-state index contributed by atoms with van der Waals surface area (Å²) in [7, 11) is -2.70. The van der Waals surface area contributed by atoms with Crippen molar-refractivity contribution < 1.29 is 22.7 Å². The van der Waals surface area contributed by atoms with Crippen LogP contribution in [0.1, 0.15) is 42.5 Å². The van der Waals surface area contributed by atoms with Gasteiger partial charge in [0, 0.05) is 25.1 Å². The quantitative estimate of drug-likeness (QED) is 0.181. The van der Waals surface area contributed by atoms with Crippen molar-refractivity contribution in [3.8, 4) is 5.75 Å². The number of aryl methyl sites for hydroxylation is 2. The van der Waals surface area contributed by atoms with Crippen LogP contribution in [0.2, 0.25) is 0 Å². The summed E-state index contributed by atoms with van der Waals surface area (Å²) < 4.78 is 34.9. The number of hydrogen-bond donors (Lipinski definition) is 1. The lowest BCUT2D eigenvalue weighted by atomic mass is 10.0. The number of sulfonamides is 1. The van der Waals surface area contributed by atoms with Gasteiger partial charge in [0.15, 0.2) is 0 Å². The lowest BCUT2D eigenvalue weighted by Gasteiger charge is -2.34. The Bertz CT molecular complexity index is 1710. The van der Waals surface area contributed by atoms with Crippen LogP contribution in [0.3, 0.4) is 0 Å². The van der Waals surface area contributed by atoms with Gasteiger partial charge in [-0.2, -0.15) is 0 Å². The fraction of sp³-hybridized carbons (Fsp3) is 0.297. The van der Waals surface area contributed by atoms with Crippen LogP contribution in [0.5, 0.6) is 5.75 Å². The van der Waals surface area contributed by atoms with Crippen molar-refractivity contribution in [1.82, 2.24) is 10.2 Å². The smallest absolute Gasteiger partial charge is 0.264 e. The van der Waals surface area contributed by atoms with E-state index in [9.17, 15) is 18.0 Å². The number of carbonyl (C=O) groups excluding carboxylic acids is 2. The molecule has 4 aromatic carbocycles. The molecular weight excluding hydrogens is 598 g/mol. The van der Waals surface area contributed by atoms with Gasteiger partial charge in [-0.05, 0) is 62.6 Å². The van der Waals surface area contributed by atoms with E-state index in [0.29, 0.717) is 12.2 Å². The van der Waals surface area contributed by atoms with Crippen LogP contribution in [-0.4, -0.2) is 50.9 Å². The third kappa shape index (κ3) is 8.75. The summed E-state index contributed by atoms with van der Waals surface area (Å²) in [5.41, 5.74) is 3.94. The Morgan fingerprint density at radius 3 is 2.07 bits per heavy atom. The van der Waals surface area contributed by atoms with Crippen molar-refractivity contribution in [3.05, 3.63) is 125 Å². The molecule has 0 saturated heterocycles. The Hall–Kier alpha value is -4.63. The van der Waals surface area contributed by atoms with Crippen LogP contribution in [-0.2, 0) is 32.6 Å². The summed E-state index contributed by atoms with van der Waals surface area (Å²) in [5, 5.41) is 3.06. The topological polar surface area (TPSA) is 96.0 Å². The Kier molecular flexibility index (Phi) is 11.6. The highest BCUT2D eigenvalue weighted by atomic mass is 32.2. The molecule has 0 saturated carbocycles. The van der Waals surface area contributed by atoms with E-state index < -0.39 is 28.5 Å². The fourth-order valence-corrected chi connectivity index (χ4v) is 6.42. The van der Waals surface area contributed by atoms with Crippen molar-refractivity contribution in [2.45, 2.75) is 64.1 Å². The number of nitrogens with zero attached hydrogens (tertiary/aromatic N) is 2. The molecule has 0 aliphatic heterocycles. The molecule has 0 bridgehead atoms. The van der Waals surface area contributed by atoms with E-state index in [4.69, 9.17) is 4.74 Å². The van der Waals surface area contributed by atoms with E-state index in [0.717, 1.165) is 26.6 Å². The van der Waals surface area contributed by atoms with E-state index in [1.165, 1.54) is 24.1 Å². The highest BCUT2D eigenvalue weighted by molar-refractivity contribution is 7.92. The molecule has 0 radical (unpaired) electrons. The number of anilines is 1. The van der Waals surface area contributed by atoms with Crippen LogP contribution in [0.15, 0.2) is 108 Å². The van der Waals surface area contributed by atoms with E-state index >= 15 is 0 Å². The monoisotopic (exact) mass is 641 g/mol.